The van der Waals surface area contributed by atoms with E-state index in [9.17, 15) is 18.0 Å². The number of rotatable bonds is 7. The minimum absolute atomic E-state index is 0.200. The van der Waals surface area contributed by atoms with Crippen molar-refractivity contribution in [1.29, 1.82) is 0 Å². The van der Waals surface area contributed by atoms with Crippen molar-refractivity contribution >= 4 is 27.3 Å². The number of anilines is 1. The van der Waals surface area contributed by atoms with Crippen molar-refractivity contribution in [2.45, 2.75) is 31.6 Å². The number of carbonyl (C=O) groups excluding carboxylic acids is 2. The molecule has 0 aliphatic heterocycles. The average Bonchev–Trinajstić information content (AvgIpc) is 3.40. The van der Waals surface area contributed by atoms with E-state index in [2.05, 4.69) is 10.6 Å². The van der Waals surface area contributed by atoms with Gasteiger partial charge in [0.2, 0.25) is 5.91 Å². The highest BCUT2D eigenvalue weighted by Gasteiger charge is 2.24. The van der Waals surface area contributed by atoms with Gasteiger partial charge in [-0.2, -0.15) is 0 Å². The second-order valence-corrected chi connectivity index (χ2v) is 8.96. The van der Waals surface area contributed by atoms with Crippen LogP contribution in [0.4, 0.5) is 5.69 Å². The summed E-state index contributed by atoms with van der Waals surface area (Å²) in [5.74, 6) is -1.69. The van der Waals surface area contributed by atoms with Gasteiger partial charge in [-0.1, -0.05) is 29.8 Å². The van der Waals surface area contributed by atoms with E-state index in [4.69, 9.17) is 0 Å². The van der Waals surface area contributed by atoms with Crippen LogP contribution in [-0.2, 0) is 20.4 Å². The predicted octanol–water partition coefficient (Wildman–Crippen LogP) is 2.44. The van der Waals surface area contributed by atoms with Crippen LogP contribution in [-0.4, -0.2) is 32.0 Å². The number of aryl methyl sites for hydroxylation is 1. The van der Waals surface area contributed by atoms with E-state index in [1.54, 1.807) is 36.4 Å². The minimum Gasteiger partial charge on any atom is -0.349 e. The Morgan fingerprint density at radius 3 is 2.44 bits per heavy atom. The second kappa shape index (κ2) is 7.92. The Kier molecular flexibility index (Phi) is 5.60. The third-order valence-corrected chi connectivity index (χ3v) is 5.65. The van der Waals surface area contributed by atoms with Gasteiger partial charge in [-0.25, -0.2) is 8.42 Å². The van der Waals surface area contributed by atoms with Crippen molar-refractivity contribution in [3.05, 3.63) is 65.2 Å². The molecule has 3 rings (SSSR count). The summed E-state index contributed by atoms with van der Waals surface area (Å²) >= 11 is 0. The van der Waals surface area contributed by atoms with Gasteiger partial charge in [0, 0.05) is 17.3 Å². The highest BCUT2D eigenvalue weighted by Crippen LogP contribution is 2.20. The lowest BCUT2D eigenvalue weighted by molar-refractivity contribution is -0.113. The molecule has 1 aliphatic carbocycles. The van der Waals surface area contributed by atoms with E-state index >= 15 is 0 Å². The predicted molar refractivity (Wildman–Crippen MR) is 104 cm³/mol. The Morgan fingerprint density at radius 2 is 1.78 bits per heavy atom. The van der Waals surface area contributed by atoms with Crippen molar-refractivity contribution in [2.24, 2.45) is 0 Å². The molecule has 1 fully saturated rings. The third-order valence-electron chi connectivity index (χ3n) is 4.17. The second-order valence-electron chi connectivity index (χ2n) is 6.89. The summed E-state index contributed by atoms with van der Waals surface area (Å²) in [6.07, 6.45) is 1.96. The molecule has 0 atom stereocenters. The fourth-order valence-electron chi connectivity index (χ4n) is 2.64. The Balaban J connectivity index is 1.60. The molecule has 27 heavy (non-hydrogen) atoms. The van der Waals surface area contributed by atoms with Gasteiger partial charge >= 0.3 is 0 Å². The molecule has 0 saturated heterocycles. The van der Waals surface area contributed by atoms with Gasteiger partial charge in [0.05, 0.1) is 5.75 Å². The van der Waals surface area contributed by atoms with Crippen molar-refractivity contribution in [1.82, 2.24) is 5.32 Å². The first-order chi connectivity index (χ1) is 12.8. The first-order valence-corrected chi connectivity index (χ1v) is 10.6. The molecule has 2 aromatic carbocycles. The first kappa shape index (κ1) is 19.1. The molecule has 0 unspecified atom stereocenters. The van der Waals surface area contributed by atoms with Crippen LogP contribution in [0.15, 0.2) is 48.5 Å². The molecular weight excluding hydrogens is 364 g/mol. The highest BCUT2D eigenvalue weighted by atomic mass is 32.2. The molecule has 6 nitrogen and oxygen atoms in total. The average molecular weight is 386 g/mol. The standard InChI is InChI=1S/C20H22N2O4S/c1-14-5-7-17(8-6-14)21-19(23)13-27(25,26)12-15-3-2-4-16(11-15)20(24)22-18-9-10-18/h2-8,11,18H,9-10,12-13H2,1H3,(H,21,23)(H,22,24). The van der Waals surface area contributed by atoms with Crippen LogP contribution < -0.4 is 10.6 Å². The quantitative estimate of drug-likeness (QED) is 0.764. The number of amides is 2. The maximum atomic E-state index is 12.4. The molecular formula is C20H22N2O4S. The van der Waals surface area contributed by atoms with Gasteiger partial charge in [0.25, 0.3) is 5.91 Å². The maximum Gasteiger partial charge on any atom is 0.251 e. The van der Waals surface area contributed by atoms with Crippen LogP contribution >= 0.6 is 0 Å². The van der Waals surface area contributed by atoms with Gasteiger partial charge in [0.15, 0.2) is 9.84 Å². The van der Waals surface area contributed by atoms with Crippen molar-refractivity contribution < 1.29 is 18.0 Å². The number of sulfone groups is 1. The molecule has 1 aliphatic rings. The van der Waals surface area contributed by atoms with Crippen LogP contribution in [0.25, 0.3) is 0 Å². The Bertz CT molecular complexity index is 948. The van der Waals surface area contributed by atoms with E-state index in [1.165, 1.54) is 0 Å². The topological polar surface area (TPSA) is 92.3 Å². The van der Waals surface area contributed by atoms with Gasteiger partial charge in [-0.15, -0.1) is 0 Å². The molecule has 0 radical (unpaired) electrons. The summed E-state index contributed by atoms with van der Waals surface area (Å²) < 4.78 is 24.7. The third kappa shape index (κ3) is 5.92. The zero-order chi connectivity index (χ0) is 19.4. The van der Waals surface area contributed by atoms with Gasteiger partial charge < -0.3 is 10.6 Å². The van der Waals surface area contributed by atoms with Gasteiger partial charge in [0.1, 0.15) is 5.75 Å². The molecule has 7 heteroatoms. The molecule has 2 amide bonds. The molecule has 0 spiro atoms. The van der Waals surface area contributed by atoms with Gasteiger partial charge in [-0.3, -0.25) is 9.59 Å². The first-order valence-electron chi connectivity index (χ1n) is 8.77. The number of carbonyl (C=O) groups is 2. The van der Waals surface area contributed by atoms with Crippen molar-refractivity contribution in [2.75, 3.05) is 11.1 Å². The maximum absolute atomic E-state index is 12.4. The summed E-state index contributed by atoms with van der Waals surface area (Å²) in [4.78, 5) is 24.1. The number of hydrogen-bond donors (Lipinski definition) is 2. The SMILES string of the molecule is Cc1ccc(NC(=O)CS(=O)(=O)Cc2cccc(C(=O)NC3CC3)c2)cc1. The largest absolute Gasteiger partial charge is 0.349 e. The van der Waals surface area contributed by atoms with Gasteiger partial charge in [-0.05, 0) is 49.6 Å². The van der Waals surface area contributed by atoms with Crippen LogP contribution in [0.1, 0.15) is 34.3 Å². The summed E-state index contributed by atoms with van der Waals surface area (Å²) in [7, 11) is -3.66. The monoisotopic (exact) mass is 386 g/mol. The number of nitrogens with one attached hydrogen (secondary N) is 2. The Hall–Kier alpha value is -2.67. The molecule has 2 N–H and O–H groups in total. The van der Waals surface area contributed by atoms with Crippen LogP contribution in [0.3, 0.4) is 0 Å². The zero-order valence-corrected chi connectivity index (χ0v) is 15.9. The summed E-state index contributed by atoms with van der Waals surface area (Å²) in [5.41, 5.74) is 2.52. The molecule has 2 aromatic rings. The van der Waals surface area contributed by atoms with E-state index < -0.39 is 21.5 Å². The lowest BCUT2D eigenvalue weighted by Crippen LogP contribution is -2.26. The minimum atomic E-state index is -3.66. The zero-order valence-electron chi connectivity index (χ0n) is 15.1. The van der Waals surface area contributed by atoms with E-state index in [0.29, 0.717) is 16.8 Å². The Morgan fingerprint density at radius 1 is 1.07 bits per heavy atom. The molecule has 0 aromatic heterocycles. The number of hydrogen-bond acceptors (Lipinski definition) is 4. The van der Waals surface area contributed by atoms with Crippen molar-refractivity contribution in [3.8, 4) is 0 Å². The normalized spacial score (nSPS) is 13.8. The van der Waals surface area contributed by atoms with Crippen LogP contribution in [0.5, 0.6) is 0 Å². The number of benzene rings is 2. The summed E-state index contributed by atoms with van der Waals surface area (Å²) in [6, 6.07) is 13.9. The Labute approximate surface area is 158 Å². The fourth-order valence-corrected chi connectivity index (χ4v) is 3.90. The van der Waals surface area contributed by atoms with E-state index in [-0.39, 0.29) is 17.7 Å². The van der Waals surface area contributed by atoms with Crippen LogP contribution in [0, 0.1) is 6.92 Å². The van der Waals surface area contributed by atoms with E-state index in [0.717, 1.165) is 18.4 Å². The molecule has 1 saturated carbocycles. The fraction of sp³-hybridized carbons (Fsp3) is 0.300. The van der Waals surface area contributed by atoms with E-state index in [1.807, 2.05) is 19.1 Å². The molecule has 142 valence electrons. The highest BCUT2D eigenvalue weighted by molar-refractivity contribution is 7.91. The summed E-state index contributed by atoms with van der Waals surface area (Å²) in [6.45, 7) is 1.93. The molecule has 0 bridgehead atoms. The van der Waals surface area contributed by atoms with Crippen molar-refractivity contribution in [3.63, 3.8) is 0 Å². The van der Waals surface area contributed by atoms with Crippen LogP contribution in [0.2, 0.25) is 0 Å². The summed E-state index contributed by atoms with van der Waals surface area (Å²) in [5, 5.41) is 5.46. The molecule has 0 heterocycles. The smallest absolute Gasteiger partial charge is 0.251 e. The lowest BCUT2D eigenvalue weighted by Gasteiger charge is -2.08. The lowest BCUT2D eigenvalue weighted by atomic mass is 10.1.